The van der Waals surface area contributed by atoms with E-state index in [1.807, 2.05) is 30.5 Å². The molecule has 0 radical (unpaired) electrons. The van der Waals surface area contributed by atoms with Gasteiger partial charge in [-0.15, -0.1) is 0 Å². The van der Waals surface area contributed by atoms with Gasteiger partial charge >= 0.3 is 0 Å². The number of benzene rings is 2. The van der Waals surface area contributed by atoms with Crippen LogP contribution < -0.4 is 5.32 Å². The van der Waals surface area contributed by atoms with Crippen LogP contribution in [0.1, 0.15) is 15.9 Å². The summed E-state index contributed by atoms with van der Waals surface area (Å²) in [5.74, 6) is -0.473. The highest BCUT2D eigenvalue weighted by Gasteiger charge is 2.30. The van der Waals surface area contributed by atoms with E-state index in [0.717, 1.165) is 5.56 Å². The lowest BCUT2D eigenvalue weighted by Crippen LogP contribution is -2.41. The zero-order chi connectivity index (χ0) is 21.0. The fraction of sp³-hybridized carbons (Fsp3) is 0.238. The lowest BCUT2D eigenvalue weighted by atomic mass is 10.1. The van der Waals surface area contributed by atoms with E-state index < -0.39 is 15.9 Å². The lowest BCUT2D eigenvalue weighted by molar-refractivity contribution is 0.0730. The number of aromatic nitrogens is 2. The molecule has 3 aromatic rings. The zero-order valence-electron chi connectivity index (χ0n) is 16.3. The standard InChI is InChI=1S/C21H22N4O4S/c26-21(23-18-6-3-5-17(15-18)16-24-10-4-9-22-24)19-7-1-2-8-20(19)30(27,28)25-11-13-29-14-12-25/h1-10,15H,11-14,16H2,(H,23,26). The quantitative estimate of drug-likeness (QED) is 0.652. The van der Waals surface area contributed by atoms with Crippen molar-refractivity contribution in [3.63, 3.8) is 0 Å². The van der Waals surface area contributed by atoms with Crippen LogP contribution in [-0.4, -0.2) is 54.7 Å². The Balaban J connectivity index is 1.56. The summed E-state index contributed by atoms with van der Waals surface area (Å²) < 4.78 is 34.5. The third-order valence-electron chi connectivity index (χ3n) is 4.81. The molecule has 2 aromatic carbocycles. The predicted molar refractivity (Wildman–Crippen MR) is 112 cm³/mol. The van der Waals surface area contributed by atoms with Crippen LogP contribution in [0.25, 0.3) is 0 Å². The molecule has 30 heavy (non-hydrogen) atoms. The molecule has 0 aliphatic carbocycles. The van der Waals surface area contributed by atoms with Gasteiger partial charge in [-0.3, -0.25) is 9.48 Å². The number of nitrogens with zero attached hydrogens (tertiary/aromatic N) is 3. The molecule has 1 fully saturated rings. The van der Waals surface area contributed by atoms with Gasteiger partial charge in [0.1, 0.15) is 0 Å². The first-order valence-corrected chi connectivity index (χ1v) is 11.0. The summed E-state index contributed by atoms with van der Waals surface area (Å²) in [4.78, 5) is 13.0. The van der Waals surface area contributed by atoms with Crippen molar-refractivity contribution in [3.8, 4) is 0 Å². The van der Waals surface area contributed by atoms with Crippen molar-refractivity contribution in [3.05, 3.63) is 78.1 Å². The van der Waals surface area contributed by atoms with Crippen LogP contribution >= 0.6 is 0 Å². The number of anilines is 1. The number of carbonyl (C=O) groups is 1. The molecule has 1 aliphatic heterocycles. The minimum Gasteiger partial charge on any atom is -0.379 e. The summed E-state index contributed by atoms with van der Waals surface area (Å²) in [7, 11) is -3.79. The van der Waals surface area contributed by atoms with E-state index in [1.54, 1.807) is 29.1 Å². The van der Waals surface area contributed by atoms with Crippen molar-refractivity contribution in [2.24, 2.45) is 0 Å². The number of sulfonamides is 1. The molecule has 9 heteroatoms. The van der Waals surface area contributed by atoms with E-state index in [0.29, 0.717) is 25.4 Å². The van der Waals surface area contributed by atoms with Crippen LogP contribution in [0.5, 0.6) is 0 Å². The first-order chi connectivity index (χ1) is 14.5. The molecule has 0 bridgehead atoms. The Morgan fingerprint density at radius 3 is 2.63 bits per heavy atom. The average Bonchev–Trinajstić information content (AvgIpc) is 3.27. The highest BCUT2D eigenvalue weighted by Crippen LogP contribution is 2.22. The molecule has 1 amide bonds. The number of carbonyl (C=O) groups excluding carboxylic acids is 1. The molecular formula is C21H22N4O4S. The van der Waals surface area contributed by atoms with Gasteiger partial charge in [0.05, 0.1) is 30.2 Å². The molecule has 156 valence electrons. The van der Waals surface area contributed by atoms with Crippen LogP contribution in [0, 0.1) is 0 Å². The summed E-state index contributed by atoms with van der Waals surface area (Å²) >= 11 is 0. The Labute approximate surface area is 175 Å². The van der Waals surface area contributed by atoms with E-state index in [-0.39, 0.29) is 23.5 Å². The SMILES string of the molecule is O=C(Nc1cccc(Cn2cccn2)c1)c1ccccc1S(=O)(=O)N1CCOCC1. The molecule has 8 nitrogen and oxygen atoms in total. The third-order valence-corrected chi connectivity index (χ3v) is 6.76. The summed E-state index contributed by atoms with van der Waals surface area (Å²) in [5.41, 5.74) is 1.66. The van der Waals surface area contributed by atoms with Gasteiger partial charge in [0.15, 0.2) is 0 Å². The monoisotopic (exact) mass is 426 g/mol. The van der Waals surface area contributed by atoms with Gasteiger partial charge in [-0.05, 0) is 35.9 Å². The first kappa shape index (κ1) is 20.3. The molecule has 0 spiro atoms. The number of nitrogens with one attached hydrogen (secondary N) is 1. The minimum atomic E-state index is -3.79. The molecule has 0 saturated carbocycles. The highest BCUT2D eigenvalue weighted by atomic mass is 32.2. The van der Waals surface area contributed by atoms with Gasteiger partial charge in [-0.25, -0.2) is 8.42 Å². The van der Waals surface area contributed by atoms with E-state index in [2.05, 4.69) is 10.4 Å². The highest BCUT2D eigenvalue weighted by molar-refractivity contribution is 7.89. The third kappa shape index (κ3) is 4.43. The van der Waals surface area contributed by atoms with Gasteiger partial charge in [-0.1, -0.05) is 24.3 Å². The Morgan fingerprint density at radius 1 is 1.07 bits per heavy atom. The summed E-state index contributed by atoms with van der Waals surface area (Å²) in [6.07, 6.45) is 3.56. The molecule has 0 unspecified atom stereocenters. The number of amides is 1. The molecular weight excluding hydrogens is 404 g/mol. The van der Waals surface area contributed by atoms with Crippen molar-refractivity contribution in [1.29, 1.82) is 0 Å². The smallest absolute Gasteiger partial charge is 0.257 e. The zero-order valence-corrected chi connectivity index (χ0v) is 17.1. The Bertz CT molecular complexity index is 1120. The maximum atomic E-state index is 13.1. The van der Waals surface area contributed by atoms with Crippen molar-refractivity contribution in [2.45, 2.75) is 11.4 Å². The molecule has 1 aromatic heterocycles. The normalized spacial score (nSPS) is 15.1. The maximum Gasteiger partial charge on any atom is 0.257 e. The molecule has 0 atom stereocenters. The fourth-order valence-corrected chi connectivity index (χ4v) is 4.93. The second-order valence-corrected chi connectivity index (χ2v) is 8.78. The number of morpholine rings is 1. The maximum absolute atomic E-state index is 13.1. The molecule has 1 saturated heterocycles. The summed E-state index contributed by atoms with van der Waals surface area (Å²) in [6.45, 7) is 1.80. The molecule has 1 N–H and O–H groups in total. The lowest BCUT2D eigenvalue weighted by Gasteiger charge is -2.26. The fourth-order valence-electron chi connectivity index (χ4n) is 3.33. The van der Waals surface area contributed by atoms with Crippen molar-refractivity contribution >= 4 is 21.6 Å². The topological polar surface area (TPSA) is 93.5 Å². The van der Waals surface area contributed by atoms with Gasteiger partial charge in [-0.2, -0.15) is 9.40 Å². The average molecular weight is 426 g/mol. The number of hydrogen-bond acceptors (Lipinski definition) is 5. The van der Waals surface area contributed by atoms with Gasteiger partial charge in [0.2, 0.25) is 10.0 Å². The van der Waals surface area contributed by atoms with Crippen molar-refractivity contribution in [1.82, 2.24) is 14.1 Å². The molecule has 2 heterocycles. The van der Waals surface area contributed by atoms with Crippen LogP contribution in [0.2, 0.25) is 0 Å². The van der Waals surface area contributed by atoms with Crippen LogP contribution in [0.15, 0.2) is 71.9 Å². The van der Waals surface area contributed by atoms with E-state index in [1.165, 1.54) is 16.4 Å². The number of rotatable bonds is 6. The summed E-state index contributed by atoms with van der Waals surface area (Å²) in [5, 5.41) is 7.00. The number of ether oxygens (including phenoxy) is 1. The van der Waals surface area contributed by atoms with Crippen molar-refractivity contribution in [2.75, 3.05) is 31.6 Å². The second kappa shape index (κ2) is 8.78. The first-order valence-electron chi connectivity index (χ1n) is 9.59. The van der Waals surface area contributed by atoms with E-state index in [9.17, 15) is 13.2 Å². The second-order valence-electron chi connectivity index (χ2n) is 6.87. The van der Waals surface area contributed by atoms with E-state index in [4.69, 9.17) is 4.74 Å². The van der Waals surface area contributed by atoms with Gasteiger partial charge < -0.3 is 10.1 Å². The van der Waals surface area contributed by atoms with Gasteiger partial charge in [0, 0.05) is 31.2 Å². The minimum absolute atomic E-state index is 0.00269. The van der Waals surface area contributed by atoms with Crippen LogP contribution in [0.4, 0.5) is 5.69 Å². The Morgan fingerprint density at radius 2 is 1.87 bits per heavy atom. The largest absolute Gasteiger partial charge is 0.379 e. The predicted octanol–water partition coefficient (Wildman–Crippen LogP) is 2.20. The van der Waals surface area contributed by atoms with Crippen molar-refractivity contribution < 1.29 is 17.9 Å². The molecule has 4 rings (SSSR count). The Kier molecular flexibility index (Phi) is 5.93. The Hall–Kier alpha value is -3.01. The van der Waals surface area contributed by atoms with Gasteiger partial charge in [0.25, 0.3) is 5.91 Å². The van der Waals surface area contributed by atoms with Crippen LogP contribution in [-0.2, 0) is 21.3 Å². The molecule has 1 aliphatic rings. The summed E-state index contributed by atoms with van der Waals surface area (Å²) in [6, 6.07) is 15.5. The number of hydrogen-bond donors (Lipinski definition) is 1. The van der Waals surface area contributed by atoms with Crippen LogP contribution in [0.3, 0.4) is 0 Å². The van der Waals surface area contributed by atoms with E-state index >= 15 is 0 Å².